The number of hydrogen-bond donors (Lipinski definition) is 2. The molecule has 0 unspecified atom stereocenters. The molecule has 0 radical (unpaired) electrons. The SMILES string of the molecule is Cc1ccc(Cl)cc1N([C@H](C)C(=O)Nc1cccc(NC(=O)c2ccc(C(C)(C)C)cc2)c1)S(C)(=O)=O. The van der Waals surface area contributed by atoms with Gasteiger partial charge in [0.25, 0.3) is 5.91 Å². The lowest BCUT2D eigenvalue weighted by Crippen LogP contribution is -2.45. The zero-order valence-electron chi connectivity index (χ0n) is 21.8. The maximum Gasteiger partial charge on any atom is 0.255 e. The summed E-state index contributed by atoms with van der Waals surface area (Å²) < 4.78 is 26.3. The number of rotatable bonds is 7. The third kappa shape index (κ3) is 7.11. The molecule has 0 spiro atoms. The Bertz CT molecular complexity index is 1410. The van der Waals surface area contributed by atoms with Gasteiger partial charge in [-0.25, -0.2) is 8.42 Å². The van der Waals surface area contributed by atoms with Crippen LogP contribution in [0.3, 0.4) is 0 Å². The molecule has 0 heterocycles. The minimum absolute atomic E-state index is 0.0170. The van der Waals surface area contributed by atoms with Crippen molar-refractivity contribution in [2.75, 3.05) is 21.2 Å². The van der Waals surface area contributed by atoms with Gasteiger partial charge in [0.05, 0.1) is 11.9 Å². The lowest BCUT2D eigenvalue weighted by atomic mass is 9.87. The summed E-state index contributed by atoms with van der Waals surface area (Å²) in [4.78, 5) is 25.9. The molecule has 0 saturated heterocycles. The van der Waals surface area contributed by atoms with Gasteiger partial charge in [0.1, 0.15) is 6.04 Å². The molecular weight excluding hydrogens is 510 g/mol. The quantitative estimate of drug-likeness (QED) is 0.384. The van der Waals surface area contributed by atoms with Crippen LogP contribution in [0.1, 0.15) is 49.2 Å². The molecule has 0 bridgehead atoms. The van der Waals surface area contributed by atoms with Crippen molar-refractivity contribution in [1.29, 1.82) is 0 Å². The smallest absolute Gasteiger partial charge is 0.255 e. The van der Waals surface area contributed by atoms with Crippen LogP contribution in [-0.2, 0) is 20.2 Å². The fraction of sp³-hybridized carbons (Fsp3) is 0.286. The standard InChI is InChI=1S/C28H32ClN3O4S/c1-18-10-15-22(29)16-25(18)32(37(6,35)36)19(2)26(33)30-23-8-7-9-24(17-23)31-27(34)20-11-13-21(14-12-20)28(3,4)5/h7-17,19H,1-6H3,(H,30,33)(H,31,34)/t19-/m1/s1. The molecule has 0 saturated carbocycles. The van der Waals surface area contributed by atoms with Crippen molar-refractivity contribution in [3.63, 3.8) is 0 Å². The first kappa shape index (κ1) is 28.2. The van der Waals surface area contributed by atoms with Gasteiger partial charge in [-0.1, -0.05) is 56.6 Å². The number of benzene rings is 3. The fourth-order valence-corrected chi connectivity index (χ4v) is 5.24. The molecular formula is C28H32ClN3O4S. The van der Waals surface area contributed by atoms with Gasteiger partial charge < -0.3 is 10.6 Å². The average molecular weight is 542 g/mol. The first-order chi connectivity index (χ1) is 17.2. The number of amides is 2. The number of nitrogens with one attached hydrogen (secondary N) is 2. The van der Waals surface area contributed by atoms with E-state index in [-0.39, 0.29) is 11.3 Å². The number of carbonyl (C=O) groups is 2. The van der Waals surface area contributed by atoms with E-state index in [0.717, 1.165) is 16.1 Å². The van der Waals surface area contributed by atoms with E-state index in [9.17, 15) is 18.0 Å². The lowest BCUT2D eigenvalue weighted by Gasteiger charge is -2.29. The van der Waals surface area contributed by atoms with E-state index in [0.29, 0.717) is 33.2 Å². The van der Waals surface area contributed by atoms with Crippen molar-refractivity contribution in [1.82, 2.24) is 0 Å². The summed E-state index contributed by atoms with van der Waals surface area (Å²) in [6.45, 7) is 9.57. The second-order valence-electron chi connectivity index (χ2n) is 10.0. The lowest BCUT2D eigenvalue weighted by molar-refractivity contribution is -0.116. The van der Waals surface area contributed by atoms with Crippen molar-refractivity contribution in [2.24, 2.45) is 0 Å². The van der Waals surface area contributed by atoms with E-state index in [4.69, 9.17) is 11.6 Å². The van der Waals surface area contributed by atoms with Crippen LogP contribution in [0.2, 0.25) is 5.02 Å². The Morgan fingerprint density at radius 1 is 0.919 bits per heavy atom. The van der Waals surface area contributed by atoms with Gasteiger partial charge in [-0.15, -0.1) is 0 Å². The molecule has 3 rings (SSSR count). The number of carbonyl (C=O) groups excluding carboxylic acids is 2. The molecule has 0 aliphatic carbocycles. The van der Waals surface area contributed by atoms with Crippen LogP contribution < -0.4 is 14.9 Å². The second-order valence-corrected chi connectivity index (χ2v) is 12.3. The molecule has 1 atom stereocenters. The third-order valence-electron chi connectivity index (χ3n) is 5.90. The monoisotopic (exact) mass is 541 g/mol. The van der Waals surface area contributed by atoms with Crippen molar-refractivity contribution in [3.05, 3.63) is 88.4 Å². The Morgan fingerprint density at radius 3 is 2.08 bits per heavy atom. The van der Waals surface area contributed by atoms with Crippen molar-refractivity contribution in [2.45, 2.75) is 46.1 Å². The summed E-state index contributed by atoms with van der Waals surface area (Å²) in [5, 5.41) is 5.94. The van der Waals surface area contributed by atoms with E-state index < -0.39 is 22.0 Å². The minimum Gasteiger partial charge on any atom is -0.324 e. The van der Waals surface area contributed by atoms with Crippen LogP contribution in [0.25, 0.3) is 0 Å². The highest BCUT2D eigenvalue weighted by Gasteiger charge is 2.30. The van der Waals surface area contributed by atoms with Crippen molar-refractivity contribution in [3.8, 4) is 0 Å². The predicted octanol–water partition coefficient (Wildman–Crippen LogP) is 5.99. The van der Waals surface area contributed by atoms with E-state index >= 15 is 0 Å². The van der Waals surface area contributed by atoms with Gasteiger partial charge in [0.2, 0.25) is 15.9 Å². The molecule has 0 aliphatic heterocycles. The van der Waals surface area contributed by atoms with E-state index in [2.05, 4.69) is 31.4 Å². The first-order valence-electron chi connectivity index (χ1n) is 11.7. The summed E-state index contributed by atoms with van der Waals surface area (Å²) in [6, 6.07) is 17.9. The highest BCUT2D eigenvalue weighted by molar-refractivity contribution is 7.92. The molecule has 37 heavy (non-hydrogen) atoms. The van der Waals surface area contributed by atoms with Crippen LogP contribution in [0.4, 0.5) is 17.1 Å². The number of aryl methyl sites for hydroxylation is 1. The topological polar surface area (TPSA) is 95.6 Å². The number of halogens is 1. The normalized spacial score (nSPS) is 12.5. The molecule has 2 amide bonds. The fourth-order valence-electron chi connectivity index (χ4n) is 3.85. The van der Waals surface area contributed by atoms with Crippen LogP contribution >= 0.6 is 11.6 Å². The molecule has 7 nitrogen and oxygen atoms in total. The van der Waals surface area contributed by atoms with Crippen LogP contribution in [0.15, 0.2) is 66.7 Å². The zero-order valence-corrected chi connectivity index (χ0v) is 23.4. The Morgan fingerprint density at radius 2 is 1.51 bits per heavy atom. The average Bonchev–Trinajstić information content (AvgIpc) is 2.80. The summed E-state index contributed by atoms with van der Waals surface area (Å²) in [6.07, 6.45) is 1.04. The molecule has 0 aliphatic rings. The van der Waals surface area contributed by atoms with Gasteiger partial charge in [0.15, 0.2) is 0 Å². The summed E-state index contributed by atoms with van der Waals surface area (Å²) in [5.41, 5.74) is 3.51. The Hall–Kier alpha value is -3.36. The van der Waals surface area contributed by atoms with Crippen molar-refractivity contribution >= 4 is 50.5 Å². The maximum atomic E-state index is 13.1. The number of sulfonamides is 1. The van der Waals surface area contributed by atoms with E-state index in [1.165, 1.54) is 13.0 Å². The van der Waals surface area contributed by atoms with E-state index in [1.807, 2.05) is 12.1 Å². The number of anilines is 3. The highest BCUT2D eigenvalue weighted by atomic mass is 35.5. The molecule has 0 aromatic heterocycles. The van der Waals surface area contributed by atoms with Gasteiger partial charge in [-0.05, 0) is 72.9 Å². The zero-order chi connectivity index (χ0) is 27.5. The number of hydrogen-bond acceptors (Lipinski definition) is 4. The van der Waals surface area contributed by atoms with Gasteiger partial charge >= 0.3 is 0 Å². The van der Waals surface area contributed by atoms with Crippen molar-refractivity contribution < 1.29 is 18.0 Å². The maximum absolute atomic E-state index is 13.1. The Balaban J connectivity index is 1.77. The summed E-state index contributed by atoms with van der Waals surface area (Å²) in [5.74, 6) is -0.817. The molecule has 3 aromatic rings. The van der Waals surface area contributed by atoms with Crippen LogP contribution in [0, 0.1) is 6.92 Å². The largest absolute Gasteiger partial charge is 0.324 e. The molecule has 0 fully saturated rings. The Labute approximate surface area is 223 Å². The summed E-state index contributed by atoms with van der Waals surface area (Å²) in [7, 11) is -3.80. The first-order valence-corrected chi connectivity index (χ1v) is 14.0. The molecule has 2 N–H and O–H groups in total. The van der Waals surface area contributed by atoms with Gasteiger partial charge in [-0.3, -0.25) is 13.9 Å². The predicted molar refractivity (Wildman–Crippen MR) is 151 cm³/mol. The van der Waals surface area contributed by atoms with Gasteiger partial charge in [0, 0.05) is 22.0 Å². The van der Waals surface area contributed by atoms with E-state index in [1.54, 1.807) is 55.5 Å². The number of nitrogens with zero attached hydrogens (tertiary/aromatic N) is 1. The third-order valence-corrected chi connectivity index (χ3v) is 7.36. The molecule has 9 heteroatoms. The Kier molecular flexibility index (Phi) is 8.35. The van der Waals surface area contributed by atoms with Crippen LogP contribution in [-0.4, -0.2) is 32.5 Å². The van der Waals surface area contributed by atoms with Gasteiger partial charge in [-0.2, -0.15) is 0 Å². The molecule has 3 aromatic carbocycles. The van der Waals surface area contributed by atoms with Crippen LogP contribution in [0.5, 0.6) is 0 Å². The second kappa shape index (κ2) is 10.9. The highest BCUT2D eigenvalue weighted by Crippen LogP contribution is 2.29. The summed E-state index contributed by atoms with van der Waals surface area (Å²) >= 11 is 6.10. The molecule has 196 valence electrons. The minimum atomic E-state index is -3.80.